The summed E-state index contributed by atoms with van der Waals surface area (Å²) in [5, 5.41) is 3.00. The predicted octanol–water partition coefficient (Wildman–Crippen LogP) is 3.79. The van der Waals surface area contributed by atoms with Crippen molar-refractivity contribution in [3.8, 4) is 10.6 Å². The second-order valence-corrected chi connectivity index (χ2v) is 5.76. The SMILES string of the molecule is Brc1nsc(-c2csc(Br)c2)n1. The Morgan fingerprint density at radius 2 is 2.17 bits per heavy atom. The Morgan fingerprint density at radius 3 is 2.67 bits per heavy atom. The van der Waals surface area contributed by atoms with Crippen LogP contribution >= 0.6 is 54.7 Å². The molecule has 0 unspecified atom stereocenters. The number of hydrogen-bond acceptors (Lipinski definition) is 4. The van der Waals surface area contributed by atoms with Gasteiger partial charge in [0, 0.05) is 10.9 Å². The third-order valence-electron chi connectivity index (χ3n) is 1.22. The fourth-order valence-corrected chi connectivity index (χ4v) is 3.03. The Labute approximate surface area is 94.1 Å². The van der Waals surface area contributed by atoms with E-state index in [0.717, 1.165) is 14.4 Å². The Bertz CT molecular complexity index is 357. The van der Waals surface area contributed by atoms with Gasteiger partial charge in [-0.05, 0) is 49.5 Å². The molecule has 0 N–H and O–H groups in total. The zero-order chi connectivity index (χ0) is 8.55. The van der Waals surface area contributed by atoms with Gasteiger partial charge in [0.05, 0.1) is 3.79 Å². The van der Waals surface area contributed by atoms with E-state index < -0.39 is 0 Å². The smallest absolute Gasteiger partial charge is 0.209 e. The summed E-state index contributed by atoms with van der Waals surface area (Å²) in [5.41, 5.74) is 1.12. The van der Waals surface area contributed by atoms with Crippen LogP contribution in [0.25, 0.3) is 10.6 Å². The Morgan fingerprint density at radius 1 is 1.33 bits per heavy atom. The maximum atomic E-state index is 4.20. The van der Waals surface area contributed by atoms with Gasteiger partial charge in [-0.1, -0.05) is 0 Å². The lowest BCUT2D eigenvalue weighted by molar-refractivity contribution is 1.26. The molecule has 0 aliphatic heterocycles. The van der Waals surface area contributed by atoms with Crippen LogP contribution in [0, 0.1) is 0 Å². The maximum absolute atomic E-state index is 4.20. The zero-order valence-corrected chi connectivity index (χ0v) is 10.4. The molecular weight excluding hydrogens is 324 g/mol. The minimum absolute atomic E-state index is 0.657. The van der Waals surface area contributed by atoms with E-state index in [0.29, 0.717) is 4.73 Å². The van der Waals surface area contributed by atoms with E-state index in [1.807, 2.05) is 6.07 Å². The van der Waals surface area contributed by atoms with Gasteiger partial charge in [0.15, 0.2) is 0 Å². The molecule has 0 fully saturated rings. The highest BCUT2D eigenvalue weighted by Crippen LogP contribution is 2.30. The van der Waals surface area contributed by atoms with Gasteiger partial charge in [-0.3, -0.25) is 0 Å². The van der Waals surface area contributed by atoms with Crippen molar-refractivity contribution >= 4 is 54.7 Å². The summed E-state index contributed by atoms with van der Waals surface area (Å²) in [6.07, 6.45) is 0. The first-order valence-corrected chi connectivity index (χ1v) is 6.23. The summed E-state index contributed by atoms with van der Waals surface area (Å²) in [5.74, 6) is 0. The van der Waals surface area contributed by atoms with Crippen LogP contribution in [-0.2, 0) is 0 Å². The van der Waals surface area contributed by atoms with Gasteiger partial charge >= 0.3 is 0 Å². The molecule has 0 atom stereocenters. The lowest BCUT2D eigenvalue weighted by Gasteiger charge is -1.83. The van der Waals surface area contributed by atoms with E-state index in [4.69, 9.17) is 0 Å². The quantitative estimate of drug-likeness (QED) is 0.797. The average molecular weight is 326 g/mol. The first-order valence-electron chi connectivity index (χ1n) is 2.99. The summed E-state index contributed by atoms with van der Waals surface area (Å²) in [4.78, 5) is 4.20. The lowest BCUT2D eigenvalue weighted by atomic mass is 10.4. The second-order valence-electron chi connectivity index (χ2n) is 2.01. The van der Waals surface area contributed by atoms with Crippen molar-refractivity contribution < 1.29 is 0 Å². The van der Waals surface area contributed by atoms with Gasteiger partial charge in [-0.15, -0.1) is 11.3 Å². The van der Waals surface area contributed by atoms with Crippen LogP contribution in [0.1, 0.15) is 0 Å². The number of thiophene rings is 1. The predicted molar refractivity (Wildman–Crippen MR) is 58.6 cm³/mol. The molecule has 2 heterocycles. The van der Waals surface area contributed by atoms with Crippen LogP contribution < -0.4 is 0 Å². The van der Waals surface area contributed by atoms with E-state index in [-0.39, 0.29) is 0 Å². The molecule has 0 amide bonds. The molecule has 0 radical (unpaired) electrons. The highest BCUT2D eigenvalue weighted by Gasteiger charge is 2.05. The highest BCUT2D eigenvalue weighted by molar-refractivity contribution is 9.11. The molecule has 0 spiro atoms. The van der Waals surface area contributed by atoms with Crippen LogP contribution in [0.3, 0.4) is 0 Å². The van der Waals surface area contributed by atoms with Crippen molar-refractivity contribution in [2.75, 3.05) is 0 Å². The van der Waals surface area contributed by atoms with Gasteiger partial charge in [0.2, 0.25) is 4.73 Å². The van der Waals surface area contributed by atoms with Crippen LogP contribution in [0.15, 0.2) is 20.0 Å². The van der Waals surface area contributed by atoms with Crippen molar-refractivity contribution in [1.29, 1.82) is 0 Å². The Hall–Kier alpha value is 0.220. The number of hydrogen-bond donors (Lipinski definition) is 0. The molecule has 2 nitrogen and oxygen atoms in total. The molecule has 0 saturated carbocycles. The minimum atomic E-state index is 0.657. The molecule has 62 valence electrons. The fourth-order valence-electron chi connectivity index (χ4n) is 0.745. The standard InChI is InChI=1S/C6H2Br2N2S2/c7-4-1-3(2-11-4)5-9-6(8)10-12-5/h1-2H. The Kier molecular flexibility index (Phi) is 2.59. The minimum Gasteiger partial charge on any atom is -0.209 e. The van der Waals surface area contributed by atoms with Crippen molar-refractivity contribution in [1.82, 2.24) is 9.36 Å². The van der Waals surface area contributed by atoms with Crippen molar-refractivity contribution in [2.24, 2.45) is 0 Å². The first kappa shape index (κ1) is 8.80. The van der Waals surface area contributed by atoms with Gasteiger partial charge in [0.25, 0.3) is 0 Å². The van der Waals surface area contributed by atoms with Gasteiger partial charge in [-0.25, -0.2) is 4.98 Å². The number of rotatable bonds is 1. The number of nitrogens with zero attached hydrogens (tertiary/aromatic N) is 2. The van der Waals surface area contributed by atoms with Crippen molar-refractivity contribution in [3.05, 3.63) is 20.0 Å². The molecule has 0 bridgehead atoms. The molecule has 2 aromatic heterocycles. The molecule has 0 saturated heterocycles. The third kappa shape index (κ3) is 1.76. The normalized spacial score (nSPS) is 10.5. The van der Waals surface area contributed by atoms with Crippen LogP contribution in [-0.4, -0.2) is 9.36 Å². The molecule has 2 aromatic rings. The zero-order valence-electron chi connectivity index (χ0n) is 5.62. The summed E-state index contributed by atoms with van der Waals surface area (Å²) < 4.78 is 5.81. The molecule has 0 aliphatic carbocycles. The van der Waals surface area contributed by atoms with E-state index in [9.17, 15) is 0 Å². The van der Waals surface area contributed by atoms with Crippen molar-refractivity contribution in [2.45, 2.75) is 0 Å². The molecule has 0 aromatic carbocycles. The van der Waals surface area contributed by atoms with Crippen LogP contribution in [0.4, 0.5) is 0 Å². The largest absolute Gasteiger partial charge is 0.209 e. The topological polar surface area (TPSA) is 25.8 Å². The van der Waals surface area contributed by atoms with Gasteiger partial charge in [-0.2, -0.15) is 4.37 Å². The molecule has 6 heteroatoms. The summed E-state index contributed by atoms with van der Waals surface area (Å²) >= 11 is 9.66. The summed E-state index contributed by atoms with van der Waals surface area (Å²) in [7, 11) is 0. The average Bonchev–Trinajstić information content (AvgIpc) is 2.58. The summed E-state index contributed by atoms with van der Waals surface area (Å²) in [6.45, 7) is 0. The fraction of sp³-hybridized carbons (Fsp3) is 0. The molecule has 12 heavy (non-hydrogen) atoms. The maximum Gasteiger partial charge on any atom is 0.209 e. The van der Waals surface area contributed by atoms with Gasteiger partial charge in [0.1, 0.15) is 5.01 Å². The number of aromatic nitrogens is 2. The Balaban J connectivity index is 2.43. The molecular formula is C6H2Br2N2S2. The van der Waals surface area contributed by atoms with Crippen LogP contribution in [0.2, 0.25) is 0 Å². The van der Waals surface area contributed by atoms with E-state index in [2.05, 4.69) is 46.6 Å². The van der Waals surface area contributed by atoms with Crippen molar-refractivity contribution in [3.63, 3.8) is 0 Å². The first-order chi connectivity index (χ1) is 5.75. The molecule has 0 aliphatic rings. The summed E-state index contributed by atoms with van der Waals surface area (Å²) in [6, 6.07) is 2.04. The van der Waals surface area contributed by atoms with Crippen LogP contribution in [0.5, 0.6) is 0 Å². The van der Waals surface area contributed by atoms with E-state index in [1.54, 1.807) is 11.3 Å². The number of halogens is 2. The third-order valence-corrected chi connectivity index (χ3v) is 4.07. The van der Waals surface area contributed by atoms with Gasteiger partial charge < -0.3 is 0 Å². The van der Waals surface area contributed by atoms with E-state index >= 15 is 0 Å². The lowest BCUT2D eigenvalue weighted by Crippen LogP contribution is -1.68. The monoisotopic (exact) mass is 324 g/mol. The second kappa shape index (κ2) is 3.53. The van der Waals surface area contributed by atoms with E-state index in [1.165, 1.54) is 11.5 Å². The molecule has 2 rings (SSSR count). The highest BCUT2D eigenvalue weighted by atomic mass is 79.9.